The molecule has 3 nitrogen and oxygen atoms in total. The molecule has 0 aliphatic rings. The van der Waals surface area contributed by atoms with E-state index in [0.29, 0.717) is 18.7 Å². The molecule has 0 saturated heterocycles. The van der Waals surface area contributed by atoms with Gasteiger partial charge in [0, 0.05) is 11.4 Å². The maximum Gasteiger partial charge on any atom is 0.119 e. The molecule has 108 valence electrons. The summed E-state index contributed by atoms with van der Waals surface area (Å²) in [4.78, 5) is 0.988. The largest absolute Gasteiger partial charge is 0.492 e. The molecule has 1 N–H and O–H groups in total. The van der Waals surface area contributed by atoms with Crippen molar-refractivity contribution in [2.24, 2.45) is 0 Å². The third-order valence-electron chi connectivity index (χ3n) is 3.03. The monoisotopic (exact) mass is 298 g/mol. The maximum atomic E-state index is 9.26. The molecule has 0 aromatic heterocycles. The Morgan fingerprint density at radius 2 is 2.05 bits per heavy atom. The molecule has 2 rings (SSSR count). The Hall–Kier alpha value is -2.12. The number of nitriles is 1. The number of hydrogen-bond acceptors (Lipinski definition) is 4. The van der Waals surface area contributed by atoms with E-state index in [1.165, 1.54) is 5.56 Å². The highest BCUT2D eigenvalue weighted by molar-refractivity contribution is 7.98. The summed E-state index contributed by atoms with van der Waals surface area (Å²) >= 11 is 1.58. The number of anilines is 1. The van der Waals surface area contributed by atoms with Gasteiger partial charge in [0.25, 0.3) is 0 Å². The molecule has 0 bridgehead atoms. The second-order valence-electron chi connectivity index (χ2n) is 4.59. The van der Waals surface area contributed by atoms with Crippen molar-refractivity contribution in [2.45, 2.75) is 11.8 Å². The lowest BCUT2D eigenvalue weighted by Gasteiger charge is -2.11. The zero-order valence-corrected chi connectivity index (χ0v) is 13.0. The zero-order chi connectivity index (χ0) is 15.1. The van der Waals surface area contributed by atoms with E-state index >= 15 is 0 Å². The van der Waals surface area contributed by atoms with Crippen LogP contribution >= 0.6 is 11.8 Å². The van der Waals surface area contributed by atoms with Crippen LogP contribution in [0.5, 0.6) is 5.75 Å². The number of thioether (sulfide) groups is 1. The predicted octanol–water partition coefficient (Wildman–Crippen LogP) is 4.08. The molecule has 0 unspecified atom stereocenters. The third kappa shape index (κ3) is 4.17. The second-order valence-corrected chi connectivity index (χ2v) is 5.43. The molecule has 0 aliphatic heterocycles. The van der Waals surface area contributed by atoms with Crippen LogP contribution in [0.3, 0.4) is 0 Å². The van der Waals surface area contributed by atoms with Crippen molar-refractivity contribution in [3.8, 4) is 11.8 Å². The average Bonchev–Trinajstić information content (AvgIpc) is 2.51. The summed E-state index contributed by atoms with van der Waals surface area (Å²) in [5.74, 6) is 0.871. The van der Waals surface area contributed by atoms with Crippen LogP contribution < -0.4 is 10.1 Å². The van der Waals surface area contributed by atoms with Gasteiger partial charge in [-0.15, -0.1) is 11.8 Å². The fraction of sp³-hybridized carbons (Fsp3) is 0.235. The van der Waals surface area contributed by atoms with E-state index in [0.717, 1.165) is 16.3 Å². The van der Waals surface area contributed by atoms with Gasteiger partial charge in [-0.2, -0.15) is 5.26 Å². The summed E-state index contributed by atoms with van der Waals surface area (Å²) in [6.07, 6.45) is 1.97. The first-order valence-electron chi connectivity index (χ1n) is 6.75. The van der Waals surface area contributed by atoms with Crippen LogP contribution in [-0.4, -0.2) is 19.4 Å². The van der Waals surface area contributed by atoms with E-state index in [9.17, 15) is 5.26 Å². The Morgan fingerprint density at radius 3 is 2.76 bits per heavy atom. The summed E-state index contributed by atoms with van der Waals surface area (Å²) in [6.45, 7) is 3.25. The van der Waals surface area contributed by atoms with Gasteiger partial charge in [0.05, 0.1) is 11.3 Å². The van der Waals surface area contributed by atoms with Crippen LogP contribution in [0.15, 0.2) is 47.4 Å². The Balaban J connectivity index is 1.91. The average molecular weight is 298 g/mol. The zero-order valence-electron chi connectivity index (χ0n) is 12.2. The lowest BCUT2D eigenvalue weighted by atomic mass is 10.2. The van der Waals surface area contributed by atoms with E-state index < -0.39 is 0 Å². The van der Waals surface area contributed by atoms with E-state index in [-0.39, 0.29) is 0 Å². The van der Waals surface area contributed by atoms with Crippen molar-refractivity contribution >= 4 is 17.4 Å². The van der Waals surface area contributed by atoms with Crippen molar-refractivity contribution in [2.75, 3.05) is 24.7 Å². The first-order chi connectivity index (χ1) is 10.2. The molecule has 21 heavy (non-hydrogen) atoms. The number of rotatable bonds is 6. The SMILES string of the molecule is CSc1cccc(NCCOc2cccc(C)c2)c1C#N. The van der Waals surface area contributed by atoms with Gasteiger partial charge in [0.15, 0.2) is 0 Å². The normalized spacial score (nSPS) is 9.95. The van der Waals surface area contributed by atoms with Gasteiger partial charge in [0.2, 0.25) is 0 Å². The quantitative estimate of drug-likeness (QED) is 0.645. The minimum atomic E-state index is 0.553. The molecule has 0 spiro atoms. The van der Waals surface area contributed by atoms with Crippen LogP contribution in [0.2, 0.25) is 0 Å². The van der Waals surface area contributed by atoms with Gasteiger partial charge in [-0.05, 0) is 43.0 Å². The molecule has 4 heteroatoms. The van der Waals surface area contributed by atoms with Crippen molar-refractivity contribution in [3.05, 3.63) is 53.6 Å². The van der Waals surface area contributed by atoms with Gasteiger partial charge in [-0.1, -0.05) is 18.2 Å². The van der Waals surface area contributed by atoms with Crippen LogP contribution in [0.4, 0.5) is 5.69 Å². The number of hydrogen-bond donors (Lipinski definition) is 1. The summed E-state index contributed by atoms with van der Waals surface area (Å²) in [5.41, 5.74) is 2.73. The van der Waals surface area contributed by atoms with Gasteiger partial charge in [-0.25, -0.2) is 0 Å². The maximum absolute atomic E-state index is 9.26. The first-order valence-corrected chi connectivity index (χ1v) is 7.97. The highest BCUT2D eigenvalue weighted by Crippen LogP contribution is 2.26. The molecular formula is C17H18N2OS. The summed E-state index contributed by atoms with van der Waals surface area (Å²) in [6, 6.07) is 16.1. The van der Waals surface area contributed by atoms with E-state index in [1.54, 1.807) is 11.8 Å². The highest BCUT2D eigenvalue weighted by Gasteiger charge is 2.06. The molecule has 0 saturated carbocycles. The van der Waals surface area contributed by atoms with Crippen molar-refractivity contribution in [1.29, 1.82) is 5.26 Å². The predicted molar refractivity (Wildman–Crippen MR) is 88.1 cm³/mol. The highest BCUT2D eigenvalue weighted by atomic mass is 32.2. The Labute approximate surface area is 129 Å². The second kappa shape index (κ2) is 7.61. The topological polar surface area (TPSA) is 45.0 Å². The molecule has 0 aliphatic carbocycles. The molecular weight excluding hydrogens is 280 g/mol. The number of aryl methyl sites for hydroxylation is 1. The fourth-order valence-electron chi connectivity index (χ4n) is 2.02. The standard InChI is InChI=1S/C17H18N2OS/c1-13-5-3-6-14(11-13)20-10-9-19-16-7-4-8-17(21-2)15(16)12-18/h3-8,11,19H,9-10H2,1-2H3. The van der Waals surface area contributed by atoms with Crippen LogP contribution in [0.1, 0.15) is 11.1 Å². The molecule has 0 amide bonds. The number of benzene rings is 2. The van der Waals surface area contributed by atoms with Crippen LogP contribution in [-0.2, 0) is 0 Å². The Morgan fingerprint density at radius 1 is 1.24 bits per heavy atom. The minimum Gasteiger partial charge on any atom is -0.492 e. The fourth-order valence-corrected chi connectivity index (χ4v) is 2.60. The molecule has 0 atom stereocenters. The van der Waals surface area contributed by atoms with Crippen molar-refractivity contribution in [1.82, 2.24) is 0 Å². The number of nitrogens with zero attached hydrogens (tertiary/aromatic N) is 1. The van der Waals surface area contributed by atoms with Gasteiger partial charge < -0.3 is 10.1 Å². The van der Waals surface area contributed by atoms with E-state index in [4.69, 9.17) is 4.74 Å². The number of ether oxygens (including phenoxy) is 1. The summed E-state index contributed by atoms with van der Waals surface area (Å²) < 4.78 is 5.69. The summed E-state index contributed by atoms with van der Waals surface area (Å²) in [5, 5.41) is 12.5. The third-order valence-corrected chi connectivity index (χ3v) is 3.81. The van der Waals surface area contributed by atoms with E-state index in [1.807, 2.05) is 55.6 Å². The van der Waals surface area contributed by atoms with Gasteiger partial charge >= 0.3 is 0 Å². The molecule has 0 fully saturated rings. The van der Waals surface area contributed by atoms with Gasteiger partial charge in [0.1, 0.15) is 18.4 Å². The molecule has 2 aromatic rings. The van der Waals surface area contributed by atoms with Crippen LogP contribution in [0, 0.1) is 18.3 Å². The van der Waals surface area contributed by atoms with Gasteiger partial charge in [-0.3, -0.25) is 0 Å². The van der Waals surface area contributed by atoms with Crippen molar-refractivity contribution < 1.29 is 4.74 Å². The first kappa shape index (κ1) is 15.3. The van der Waals surface area contributed by atoms with Crippen molar-refractivity contribution in [3.63, 3.8) is 0 Å². The Kier molecular flexibility index (Phi) is 5.53. The van der Waals surface area contributed by atoms with E-state index in [2.05, 4.69) is 11.4 Å². The minimum absolute atomic E-state index is 0.553. The molecule has 2 aromatic carbocycles. The lowest BCUT2D eigenvalue weighted by molar-refractivity contribution is 0.332. The molecule has 0 radical (unpaired) electrons. The Bertz CT molecular complexity index is 649. The van der Waals surface area contributed by atoms with Crippen LogP contribution in [0.25, 0.3) is 0 Å². The summed E-state index contributed by atoms with van der Waals surface area (Å²) in [7, 11) is 0. The molecule has 0 heterocycles. The lowest BCUT2D eigenvalue weighted by Crippen LogP contribution is -2.12. The smallest absolute Gasteiger partial charge is 0.119 e. The number of nitrogens with one attached hydrogen (secondary N) is 1.